The lowest BCUT2D eigenvalue weighted by Gasteiger charge is -2.69. The van der Waals surface area contributed by atoms with Crippen molar-refractivity contribution in [3.05, 3.63) is 312 Å². The second kappa shape index (κ2) is 20.9. The van der Waals surface area contributed by atoms with Crippen LogP contribution in [0.15, 0.2) is 146 Å². The Balaban J connectivity index is 0.0000000997. The molecule has 0 amide bonds. The van der Waals surface area contributed by atoms with E-state index in [-0.39, 0.29) is 38.5 Å². The Morgan fingerprint density at radius 1 is 0.158 bits per heavy atom. The van der Waals surface area contributed by atoms with Gasteiger partial charge in [-0.15, -0.1) is 69.6 Å². The number of benzene rings is 9. The number of hydrogen-bond donors (Lipinski definition) is 0. The summed E-state index contributed by atoms with van der Waals surface area (Å²) in [7, 11) is 0. The average molecular weight is 1800 g/mol. The van der Waals surface area contributed by atoms with Gasteiger partial charge in [0, 0.05) is 138 Å². The zero-order valence-corrected chi connectivity index (χ0v) is 64.9. The highest BCUT2D eigenvalue weighted by molar-refractivity contribution is 6.40. The van der Waals surface area contributed by atoms with Gasteiger partial charge in [0.25, 0.3) is 0 Å². The molecule has 0 nitrogen and oxygen atoms in total. The molecule has 33 rings (SSSR count). The Morgan fingerprint density at radius 3 is 0.367 bits per heavy atom. The van der Waals surface area contributed by atoms with E-state index < -0.39 is 305 Å². The second-order valence-electron chi connectivity index (χ2n) is 36.0. The number of hydrogen-bond acceptors (Lipinski definition) is 0. The molecular formula is C90H48Cl6F24. The van der Waals surface area contributed by atoms with Gasteiger partial charge in [-0.05, 0) is 139 Å². The SMILES string of the molecule is FC1(F)c2ccc3c4c2[C@@H]2c5ccccc5[C@H]4[C@]4(Cl)[C@H]5CC[C@H](c6c(ccc(c65)C(F)(F)C3(F)F)C1(F)F)[C@]24Cl.FC1(F)c2ccc3c4c2[C@@H]2c5ccccc5[C@H]4[C@]4(Cl)[C@H]5CC[C@H](c6c(ccc(c65)C(F)(F)C3(F)F)C1(F)F)[C@]24Cl.FC1(F)c2ccc3c4c2[C@@H]2c5ccccc5[C@H]4[C@]4(Cl)[C@H]5CC[C@H](c6c(ccc(c65)C(F)(F)C3(F)F)C1(F)F)[C@]24Cl. The molecule has 30 bridgehead atoms. The van der Waals surface area contributed by atoms with Crippen LogP contribution in [-0.4, -0.2) is 29.2 Å². The van der Waals surface area contributed by atoms with Gasteiger partial charge in [-0.25, -0.2) is 0 Å². The molecule has 0 radical (unpaired) electrons. The fourth-order valence-corrected chi connectivity index (χ4v) is 32.6. The molecular weight excluding hydrogens is 1750 g/mol. The molecule has 24 aliphatic carbocycles. The Morgan fingerprint density at radius 2 is 0.258 bits per heavy atom. The third-order valence-electron chi connectivity index (χ3n) is 32.4. The van der Waals surface area contributed by atoms with Gasteiger partial charge in [-0.1, -0.05) is 146 Å². The van der Waals surface area contributed by atoms with Crippen molar-refractivity contribution in [2.75, 3.05) is 0 Å². The first-order valence-corrected chi connectivity index (χ1v) is 41.2. The topological polar surface area (TPSA) is 0 Å². The molecule has 0 spiro atoms. The Bertz CT molecular complexity index is 5470. The van der Waals surface area contributed by atoms with Crippen molar-refractivity contribution >= 4 is 69.6 Å². The van der Waals surface area contributed by atoms with Crippen molar-refractivity contribution < 1.29 is 105 Å². The van der Waals surface area contributed by atoms with Crippen LogP contribution in [0.2, 0.25) is 0 Å². The van der Waals surface area contributed by atoms with E-state index in [1.165, 1.54) is 0 Å². The van der Waals surface area contributed by atoms with Crippen molar-refractivity contribution in [3.8, 4) is 0 Å². The van der Waals surface area contributed by atoms with Gasteiger partial charge in [-0.3, -0.25) is 0 Å². The average Bonchev–Trinajstić information content (AvgIpc) is 1.30. The van der Waals surface area contributed by atoms with Crippen LogP contribution in [0, 0.1) is 0 Å². The number of fused-ring (bicyclic) bond motifs is 3. The monoisotopic (exact) mass is 1790 g/mol. The fourth-order valence-electron chi connectivity index (χ4n) is 28.4. The minimum atomic E-state index is -4.87. The maximum atomic E-state index is 16.3. The molecule has 0 aromatic heterocycles. The first-order valence-electron chi connectivity index (χ1n) is 39.0. The van der Waals surface area contributed by atoms with E-state index in [0.717, 1.165) is 0 Å². The molecule has 0 saturated heterocycles. The fraction of sp³-hybridized carbons (Fsp3) is 0.400. The molecule has 30 heteroatoms. The second-order valence-corrected chi connectivity index (χ2v) is 39.7. The highest BCUT2D eigenvalue weighted by atomic mass is 35.5. The summed E-state index contributed by atoms with van der Waals surface area (Å²) in [5.41, 5.74) is -17.4. The quantitative estimate of drug-likeness (QED) is 0.105. The maximum absolute atomic E-state index is 16.3. The van der Waals surface area contributed by atoms with Crippen molar-refractivity contribution in [2.24, 2.45) is 0 Å². The molecule has 0 heterocycles. The minimum Gasteiger partial charge on any atom is -0.194 e. The van der Waals surface area contributed by atoms with Crippen LogP contribution in [0.5, 0.6) is 0 Å². The van der Waals surface area contributed by atoms with E-state index >= 15 is 105 Å². The number of halogens is 30. The lowest BCUT2D eigenvalue weighted by molar-refractivity contribution is -0.228. The molecule has 3 saturated carbocycles. The third kappa shape index (κ3) is 6.94. The molecule has 0 N–H and O–H groups in total. The zero-order valence-electron chi connectivity index (χ0n) is 60.4. The van der Waals surface area contributed by atoms with Crippen LogP contribution in [0.1, 0.15) is 276 Å². The summed E-state index contributed by atoms with van der Waals surface area (Å²) in [6.07, 6.45) is 0.699. The molecule has 9 aromatic carbocycles. The van der Waals surface area contributed by atoms with Gasteiger partial charge in [0.2, 0.25) is 0 Å². The molecule has 120 heavy (non-hydrogen) atoms. The Hall–Kier alpha value is -6.96. The predicted octanol–water partition coefficient (Wildman–Crippen LogP) is 27.9. The van der Waals surface area contributed by atoms with Crippen LogP contribution >= 0.6 is 69.6 Å². The van der Waals surface area contributed by atoms with Gasteiger partial charge in [0.15, 0.2) is 0 Å². The predicted molar refractivity (Wildman–Crippen MR) is 391 cm³/mol. The van der Waals surface area contributed by atoms with Crippen molar-refractivity contribution in [1.29, 1.82) is 0 Å². The normalized spacial score (nSPS) is 38.0. The minimum absolute atomic E-state index is 0.117. The van der Waals surface area contributed by atoms with E-state index in [1.807, 2.05) is 0 Å². The first kappa shape index (κ1) is 75.6. The Kier molecular flexibility index (Phi) is 13.2. The standard InChI is InChI=1S/3C30H16Cl2F8/c3*31-25-13-5-6-14-20-16-8-7-15(19(13)20)27(33,34)29(37,38)17-9-10-18(30(39,40)28(16,35)36)22-21(17)23(25)11-3-1-2-4-12(11)24(22)26(14,25)32/h3*1-4,7-10,13-14,23-24H,5-6H2/t3*13-,14+,23+,24-,25+,26-. The maximum Gasteiger partial charge on any atom is 0.340 e. The summed E-state index contributed by atoms with van der Waals surface area (Å²) in [6, 6.07) is 25.2. The van der Waals surface area contributed by atoms with E-state index in [9.17, 15) is 0 Å². The highest BCUT2D eigenvalue weighted by Crippen LogP contribution is 2.88. The molecule has 18 atom stereocenters. The summed E-state index contributed by atoms with van der Waals surface area (Å²) < 4.78 is 391. The first-order chi connectivity index (χ1) is 56.0. The van der Waals surface area contributed by atoms with Gasteiger partial charge in [0.1, 0.15) is 0 Å². The number of alkyl halides is 30. The zero-order chi connectivity index (χ0) is 84.5. The van der Waals surface area contributed by atoms with Crippen LogP contribution in [0.4, 0.5) is 105 Å². The van der Waals surface area contributed by atoms with Crippen LogP contribution in [0.25, 0.3) is 0 Å². The van der Waals surface area contributed by atoms with E-state index in [0.29, 0.717) is 106 Å². The Labute approximate surface area is 693 Å². The lowest BCUT2D eigenvalue weighted by atomic mass is 9.40. The van der Waals surface area contributed by atoms with Gasteiger partial charge >= 0.3 is 71.1 Å². The van der Waals surface area contributed by atoms with Crippen LogP contribution < -0.4 is 0 Å². The summed E-state index contributed by atoms with van der Waals surface area (Å²) in [6.45, 7) is 0. The molecule has 9 aromatic rings. The van der Waals surface area contributed by atoms with Crippen molar-refractivity contribution in [1.82, 2.24) is 0 Å². The summed E-state index contributed by atoms with van der Waals surface area (Å²) >= 11 is 45.7. The van der Waals surface area contributed by atoms with E-state index in [2.05, 4.69) is 0 Å². The van der Waals surface area contributed by atoms with Gasteiger partial charge < -0.3 is 0 Å². The number of rotatable bonds is 0. The third-order valence-corrected chi connectivity index (χ3v) is 37.4. The molecule has 24 aliphatic rings. The largest absolute Gasteiger partial charge is 0.340 e. The van der Waals surface area contributed by atoms with Crippen molar-refractivity contribution in [3.63, 3.8) is 0 Å². The highest BCUT2D eigenvalue weighted by Gasteiger charge is 2.86. The summed E-state index contributed by atoms with van der Waals surface area (Å²) in [5, 5.41) is 0. The molecule has 0 unspecified atom stereocenters. The van der Waals surface area contributed by atoms with Crippen molar-refractivity contribution in [2.45, 2.75) is 210 Å². The lowest BCUT2D eigenvalue weighted by Crippen LogP contribution is -2.69. The van der Waals surface area contributed by atoms with E-state index in [4.69, 9.17) is 69.6 Å². The summed E-state index contributed by atoms with van der Waals surface area (Å²) in [5.74, 6) is -73.1. The molecule has 3 fully saturated rings. The van der Waals surface area contributed by atoms with Crippen LogP contribution in [-0.2, 0) is 71.1 Å². The van der Waals surface area contributed by atoms with E-state index in [1.54, 1.807) is 72.8 Å². The molecule has 618 valence electrons. The van der Waals surface area contributed by atoms with Crippen LogP contribution in [0.3, 0.4) is 0 Å². The van der Waals surface area contributed by atoms with Gasteiger partial charge in [-0.2, -0.15) is 105 Å². The molecule has 0 aliphatic heterocycles. The summed E-state index contributed by atoms with van der Waals surface area (Å²) in [4.78, 5) is -10.3. The smallest absolute Gasteiger partial charge is 0.194 e. The van der Waals surface area contributed by atoms with Gasteiger partial charge in [0.05, 0.1) is 29.2 Å².